The second kappa shape index (κ2) is 3.48. The molecule has 15 heavy (non-hydrogen) atoms. The van der Waals surface area contributed by atoms with Crippen LogP contribution in [0.2, 0.25) is 0 Å². The molecule has 86 valence electrons. The quantitative estimate of drug-likeness (QED) is 0.776. The second-order valence-corrected chi connectivity index (χ2v) is 5.72. The monoisotopic (exact) mass is 211 g/mol. The van der Waals surface area contributed by atoms with Crippen LogP contribution in [0.4, 0.5) is 0 Å². The highest BCUT2D eigenvalue weighted by atomic mass is 16.4. The van der Waals surface area contributed by atoms with Gasteiger partial charge in [0.15, 0.2) is 0 Å². The second-order valence-electron chi connectivity index (χ2n) is 5.72. The third-order valence-electron chi connectivity index (χ3n) is 4.60. The molecule has 3 unspecified atom stereocenters. The molecule has 3 atom stereocenters. The van der Waals surface area contributed by atoms with Crippen molar-refractivity contribution in [2.75, 3.05) is 7.05 Å². The number of rotatable bonds is 3. The van der Waals surface area contributed by atoms with Gasteiger partial charge in [-0.2, -0.15) is 0 Å². The Bertz CT molecular complexity index is 275. The predicted molar refractivity (Wildman–Crippen MR) is 58.7 cm³/mol. The molecule has 3 heteroatoms. The summed E-state index contributed by atoms with van der Waals surface area (Å²) in [4.78, 5) is 13.3. The van der Waals surface area contributed by atoms with Crippen LogP contribution in [0.3, 0.4) is 0 Å². The van der Waals surface area contributed by atoms with Gasteiger partial charge in [0.05, 0.1) is 0 Å². The maximum atomic E-state index is 11.2. The van der Waals surface area contributed by atoms with Crippen LogP contribution in [0.15, 0.2) is 0 Å². The fraction of sp³-hybridized carbons (Fsp3) is 0.917. The topological polar surface area (TPSA) is 40.5 Å². The highest BCUT2D eigenvalue weighted by Crippen LogP contribution is 2.47. The summed E-state index contributed by atoms with van der Waals surface area (Å²) in [5, 5.41) is 9.20. The third-order valence-corrected chi connectivity index (χ3v) is 4.60. The van der Waals surface area contributed by atoms with Gasteiger partial charge in [-0.3, -0.25) is 9.69 Å². The van der Waals surface area contributed by atoms with Crippen molar-refractivity contribution >= 4 is 5.97 Å². The molecule has 0 radical (unpaired) electrons. The van der Waals surface area contributed by atoms with Crippen molar-refractivity contribution in [3.63, 3.8) is 0 Å². The first kappa shape index (κ1) is 10.9. The molecular weight excluding hydrogens is 190 g/mol. The normalized spacial score (nSPS) is 35.1. The number of hydrogen-bond donors (Lipinski definition) is 1. The summed E-state index contributed by atoms with van der Waals surface area (Å²) in [5.74, 6) is 0.901. The molecule has 0 amide bonds. The lowest BCUT2D eigenvalue weighted by Crippen LogP contribution is -2.54. The molecule has 2 aliphatic carbocycles. The molecule has 2 aliphatic rings. The number of likely N-dealkylation sites (N-methyl/N-ethyl adjacent to an activating group) is 1. The average Bonchev–Trinajstić information content (AvgIpc) is 2.76. The van der Waals surface area contributed by atoms with Gasteiger partial charge in [0.2, 0.25) is 0 Å². The zero-order chi connectivity index (χ0) is 11.2. The van der Waals surface area contributed by atoms with Crippen LogP contribution in [-0.2, 0) is 4.79 Å². The van der Waals surface area contributed by atoms with Gasteiger partial charge in [0.1, 0.15) is 5.54 Å². The van der Waals surface area contributed by atoms with Crippen LogP contribution in [0, 0.1) is 11.8 Å². The highest BCUT2D eigenvalue weighted by Gasteiger charge is 2.46. The van der Waals surface area contributed by atoms with Gasteiger partial charge in [0, 0.05) is 6.04 Å². The van der Waals surface area contributed by atoms with Crippen molar-refractivity contribution in [3.8, 4) is 0 Å². The van der Waals surface area contributed by atoms with E-state index in [-0.39, 0.29) is 0 Å². The number of fused-ring (bicyclic) bond motifs is 2. The Morgan fingerprint density at radius 1 is 1.33 bits per heavy atom. The Morgan fingerprint density at radius 3 is 2.40 bits per heavy atom. The molecule has 0 aromatic heterocycles. The number of carboxylic acids is 1. The molecule has 2 fully saturated rings. The molecule has 0 aliphatic heterocycles. The summed E-state index contributed by atoms with van der Waals surface area (Å²) >= 11 is 0. The number of aliphatic carboxylic acids is 1. The molecule has 1 N–H and O–H groups in total. The molecule has 0 spiro atoms. The number of hydrogen-bond acceptors (Lipinski definition) is 2. The molecule has 3 nitrogen and oxygen atoms in total. The van der Waals surface area contributed by atoms with Crippen molar-refractivity contribution < 1.29 is 9.90 Å². The van der Waals surface area contributed by atoms with E-state index in [0.717, 1.165) is 11.8 Å². The van der Waals surface area contributed by atoms with Crippen LogP contribution in [-0.4, -0.2) is 34.6 Å². The van der Waals surface area contributed by atoms with E-state index in [9.17, 15) is 9.90 Å². The van der Waals surface area contributed by atoms with E-state index in [2.05, 4.69) is 4.90 Å². The first-order chi connectivity index (χ1) is 6.93. The van der Waals surface area contributed by atoms with Crippen molar-refractivity contribution in [2.45, 2.75) is 51.1 Å². The van der Waals surface area contributed by atoms with Gasteiger partial charge in [0.25, 0.3) is 0 Å². The zero-order valence-corrected chi connectivity index (χ0v) is 9.86. The van der Waals surface area contributed by atoms with Crippen molar-refractivity contribution in [2.24, 2.45) is 11.8 Å². The minimum atomic E-state index is -0.727. The van der Waals surface area contributed by atoms with Gasteiger partial charge in [-0.05, 0) is 52.0 Å². The van der Waals surface area contributed by atoms with E-state index in [0.29, 0.717) is 6.04 Å². The van der Waals surface area contributed by atoms with E-state index in [1.807, 2.05) is 7.05 Å². The number of carboxylic acid groups (broad SMARTS) is 1. The van der Waals surface area contributed by atoms with Gasteiger partial charge in [-0.15, -0.1) is 0 Å². The summed E-state index contributed by atoms with van der Waals surface area (Å²) in [6.45, 7) is 3.61. The Morgan fingerprint density at radius 2 is 2.00 bits per heavy atom. The van der Waals surface area contributed by atoms with Crippen LogP contribution < -0.4 is 0 Å². The van der Waals surface area contributed by atoms with E-state index >= 15 is 0 Å². The maximum Gasteiger partial charge on any atom is 0.323 e. The third kappa shape index (κ3) is 1.67. The highest BCUT2D eigenvalue weighted by molar-refractivity contribution is 5.77. The first-order valence-electron chi connectivity index (χ1n) is 5.89. The van der Waals surface area contributed by atoms with E-state index in [1.54, 1.807) is 13.8 Å². The van der Waals surface area contributed by atoms with Gasteiger partial charge in [-0.1, -0.05) is 6.42 Å². The van der Waals surface area contributed by atoms with E-state index < -0.39 is 11.5 Å². The summed E-state index contributed by atoms with van der Waals surface area (Å²) < 4.78 is 0. The molecule has 0 aromatic carbocycles. The van der Waals surface area contributed by atoms with E-state index in [4.69, 9.17) is 0 Å². The summed E-state index contributed by atoms with van der Waals surface area (Å²) in [7, 11) is 1.97. The fourth-order valence-electron chi connectivity index (χ4n) is 3.25. The minimum absolute atomic E-state index is 0.495. The molecule has 2 saturated carbocycles. The van der Waals surface area contributed by atoms with Crippen LogP contribution in [0.5, 0.6) is 0 Å². The van der Waals surface area contributed by atoms with Gasteiger partial charge < -0.3 is 5.11 Å². The van der Waals surface area contributed by atoms with Crippen molar-refractivity contribution in [3.05, 3.63) is 0 Å². The summed E-state index contributed by atoms with van der Waals surface area (Å²) in [6, 6.07) is 0.495. The minimum Gasteiger partial charge on any atom is -0.480 e. The van der Waals surface area contributed by atoms with Crippen molar-refractivity contribution in [1.82, 2.24) is 4.90 Å². The Balaban J connectivity index is 2.08. The van der Waals surface area contributed by atoms with Crippen LogP contribution in [0.25, 0.3) is 0 Å². The molecule has 0 heterocycles. The average molecular weight is 211 g/mol. The number of nitrogens with zero attached hydrogens (tertiary/aromatic N) is 1. The molecule has 0 aromatic rings. The lowest BCUT2D eigenvalue weighted by atomic mass is 9.90. The molecular formula is C12H21NO2. The van der Waals surface area contributed by atoms with Crippen LogP contribution in [0.1, 0.15) is 39.5 Å². The molecule has 0 saturated heterocycles. The smallest absolute Gasteiger partial charge is 0.323 e. The maximum absolute atomic E-state index is 11.2. The Hall–Kier alpha value is -0.570. The molecule has 2 rings (SSSR count). The Kier molecular flexibility index (Phi) is 2.53. The fourth-order valence-corrected chi connectivity index (χ4v) is 3.25. The lowest BCUT2D eigenvalue weighted by molar-refractivity contribution is -0.150. The van der Waals surface area contributed by atoms with E-state index in [1.165, 1.54) is 25.7 Å². The SMILES string of the molecule is CN(C1CC2CCC1C2)C(C)(C)C(=O)O. The Labute approximate surface area is 91.5 Å². The van der Waals surface area contributed by atoms with Gasteiger partial charge >= 0.3 is 5.97 Å². The summed E-state index contributed by atoms with van der Waals surface area (Å²) in [5.41, 5.74) is -0.727. The molecule has 2 bridgehead atoms. The number of carbonyl (C=O) groups is 1. The summed E-state index contributed by atoms with van der Waals surface area (Å²) in [6.07, 6.45) is 5.19. The largest absolute Gasteiger partial charge is 0.480 e. The van der Waals surface area contributed by atoms with Crippen molar-refractivity contribution in [1.29, 1.82) is 0 Å². The lowest BCUT2D eigenvalue weighted by Gasteiger charge is -2.40. The van der Waals surface area contributed by atoms with Gasteiger partial charge in [-0.25, -0.2) is 0 Å². The predicted octanol–water partition coefficient (Wildman–Crippen LogP) is 1.97. The zero-order valence-electron chi connectivity index (χ0n) is 9.86. The standard InChI is InChI=1S/C12H21NO2/c1-12(2,11(14)15)13(3)10-7-8-4-5-9(10)6-8/h8-10H,4-7H2,1-3H3,(H,14,15). The first-order valence-corrected chi connectivity index (χ1v) is 5.89. The van der Waals surface area contributed by atoms with Crippen LogP contribution >= 0.6 is 0 Å².